The minimum absolute atomic E-state index is 0.384. The van der Waals surface area contributed by atoms with E-state index in [1.54, 1.807) is 0 Å². The number of rotatable bonds is 3. The molecule has 0 spiro atoms. The van der Waals surface area contributed by atoms with E-state index < -0.39 is 0 Å². The lowest BCUT2D eigenvalue weighted by atomic mass is 10.1. The molecule has 0 aliphatic carbocycles. The molecule has 0 bridgehead atoms. The number of nitrogens with zero attached hydrogens (tertiary/aromatic N) is 3. The molecular formula is C19H24ClN3. The van der Waals surface area contributed by atoms with Gasteiger partial charge in [0.2, 0.25) is 0 Å². The number of aromatic nitrogens is 2. The second kappa shape index (κ2) is 7.31. The van der Waals surface area contributed by atoms with Crippen LogP contribution in [0.1, 0.15) is 51.1 Å². The van der Waals surface area contributed by atoms with Gasteiger partial charge in [0.15, 0.2) is 5.82 Å². The topological polar surface area (TPSA) is 29.0 Å². The van der Waals surface area contributed by atoms with Crippen LogP contribution < -0.4 is 4.90 Å². The van der Waals surface area contributed by atoms with Gasteiger partial charge in [-0.05, 0) is 43.0 Å². The molecule has 3 nitrogen and oxygen atoms in total. The number of hydrogen-bond donors (Lipinski definition) is 0. The van der Waals surface area contributed by atoms with Gasteiger partial charge in [-0.2, -0.15) is 0 Å². The zero-order valence-electron chi connectivity index (χ0n) is 13.9. The lowest BCUT2D eigenvalue weighted by Crippen LogP contribution is -2.25. The molecular weight excluding hydrogens is 306 g/mol. The molecule has 1 aromatic carbocycles. The zero-order valence-corrected chi connectivity index (χ0v) is 14.7. The molecule has 1 fully saturated rings. The molecule has 2 heterocycles. The van der Waals surface area contributed by atoms with E-state index >= 15 is 0 Å². The summed E-state index contributed by atoms with van der Waals surface area (Å²) in [5.74, 6) is 2.25. The summed E-state index contributed by atoms with van der Waals surface area (Å²) in [6, 6.07) is 9.94. The highest BCUT2D eigenvalue weighted by Crippen LogP contribution is 2.26. The van der Waals surface area contributed by atoms with Gasteiger partial charge in [-0.1, -0.05) is 38.3 Å². The molecule has 0 N–H and O–H groups in total. The molecule has 1 saturated heterocycles. The Morgan fingerprint density at radius 2 is 1.61 bits per heavy atom. The van der Waals surface area contributed by atoms with Crippen LogP contribution >= 0.6 is 11.6 Å². The molecule has 23 heavy (non-hydrogen) atoms. The van der Waals surface area contributed by atoms with Crippen LogP contribution in [0.25, 0.3) is 11.4 Å². The van der Waals surface area contributed by atoms with Gasteiger partial charge in [0.25, 0.3) is 0 Å². The van der Waals surface area contributed by atoms with E-state index in [1.165, 1.54) is 25.7 Å². The van der Waals surface area contributed by atoms with E-state index in [9.17, 15) is 0 Å². The summed E-state index contributed by atoms with van der Waals surface area (Å²) in [5, 5.41) is 0.738. The standard InChI is InChI=1S/C19H24ClN3/c1-14(2)17-13-18(23-11-5-3-4-6-12-23)22-19(21-17)15-7-9-16(20)10-8-15/h7-10,13-14H,3-6,11-12H2,1-2H3. The summed E-state index contributed by atoms with van der Waals surface area (Å²) in [5.41, 5.74) is 2.12. The van der Waals surface area contributed by atoms with Gasteiger partial charge in [0, 0.05) is 35.4 Å². The average Bonchev–Trinajstić information content (AvgIpc) is 2.84. The van der Waals surface area contributed by atoms with E-state index in [4.69, 9.17) is 21.6 Å². The second-order valence-electron chi connectivity index (χ2n) is 6.54. The molecule has 4 heteroatoms. The predicted molar refractivity (Wildman–Crippen MR) is 97.2 cm³/mol. The van der Waals surface area contributed by atoms with Crippen LogP contribution in [0, 0.1) is 0 Å². The first kappa shape index (κ1) is 16.3. The molecule has 1 aliphatic heterocycles. The molecule has 0 saturated carbocycles. The molecule has 0 radical (unpaired) electrons. The largest absolute Gasteiger partial charge is 0.356 e. The maximum Gasteiger partial charge on any atom is 0.161 e. The fourth-order valence-corrected chi connectivity index (χ4v) is 3.06. The third-order valence-corrected chi connectivity index (χ3v) is 4.61. The lowest BCUT2D eigenvalue weighted by molar-refractivity contribution is 0.726. The number of benzene rings is 1. The van der Waals surface area contributed by atoms with Crippen molar-refractivity contribution in [2.75, 3.05) is 18.0 Å². The van der Waals surface area contributed by atoms with Crippen LogP contribution in [-0.4, -0.2) is 23.1 Å². The summed E-state index contributed by atoms with van der Waals surface area (Å²) < 4.78 is 0. The molecule has 1 aliphatic rings. The van der Waals surface area contributed by atoms with Crippen LogP contribution in [0.4, 0.5) is 5.82 Å². The van der Waals surface area contributed by atoms with Gasteiger partial charge in [-0.25, -0.2) is 9.97 Å². The molecule has 0 amide bonds. The monoisotopic (exact) mass is 329 g/mol. The maximum absolute atomic E-state index is 6.00. The van der Waals surface area contributed by atoms with Gasteiger partial charge in [0.1, 0.15) is 5.82 Å². The third-order valence-electron chi connectivity index (χ3n) is 4.36. The first-order valence-corrected chi connectivity index (χ1v) is 8.91. The highest BCUT2D eigenvalue weighted by molar-refractivity contribution is 6.30. The Kier molecular flexibility index (Phi) is 5.16. The Hall–Kier alpha value is -1.61. The SMILES string of the molecule is CC(C)c1cc(N2CCCCCC2)nc(-c2ccc(Cl)cc2)n1. The Labute approximate surface area is 143 Å². The van der Waals surface area contributed by atoms with Crippen LogP contribution in [0.3, 0.4) is 0 Å². The fourth-order valence-electron chi connectivity index (χ4n) is 2.94. The van der Waals surface area contributed by atoms with Crippen molar-refractivity contribution in [2.45, 2.75) is 45.4 Å². The minimum atomic E-state index is 0.384. The van der Waals surface area contributed by atoms with Crippen LogP contribution in [-0.2, 0) is 0 Å². The zero-order chi connectivity index (χ0) is 16.2. The van der Waals surface area contributed by atoms with Crippen molar-refractivity contribution in [3.05, 3.63) is 41.0 Å². The quantitative estimate of drug-likeness (QED) is 0.765. The molecule has 122 valence electrons. The molecule has 1 aromatic heterocycles. The number of anilines is 1. The van der Waals surface area contributed by atoms with Gasteiger partial charge < -0.3 is 4.90 Å². The lowest BCUT2D eigenvalue weighted by Gasteiger charge is -2.23. The van der Waals surface area contributed by atoms with Crippen LogP contribution in [0.15, 0.2) is 30.3 Å². The summed E-state index contributed by atoms with van der Waals surface area (Å²) in [6.07, 6.45) is 5.14. The van der Waals surface area contributed by atoms with Gasteiger partial charge >= 0.3 is 0 Å². The average molecular weight is 330 g/mol. The third kappa shape index (κ3) is 4.03. The molecule has 2 aromatic rings. The summed E-state index contributed by atoms with van der Waals surface area (Å²) in [6.45, 7) is 6.55. The van der Waals surface area contributed by atoms with E-state index in [-0.39, 0.29) is 0 Å². The van der Waals surface area contributed by atoms with Crippen molar-refractivity contribution in [1.82, 2.24) is 9.97 Å². The van der Waals surface area contributed by atoms with Crippen LogP contribution in [0.5, 0.6) is 0 Å². The van der Waals surface area contributed by atoms with E-state index in [0.717, 1.165) is 41.0 Å². The highest BCUT2D eigenvalue weighted by atomic mass is 35.5. The normalized spacial score (nSPS) is 15.7. The minimum Gasteiger partial charge on any atom is -0.356 e. The first-order chi connectivity index (χ1) is 11.1. The van der Waals surface area contributed by atoms with Crippen molar-refractivity contribution in [3.63, 3.8) is 0 Å². The Morgan fingerprint density at radius 3 is 2.22 bits per heavy atom. The van der Waals surface area contributed by atoms with Crippen molar-refractivity contribution in [1.29, 1.82) is 0 Å². The summed E-state index contributed by atoms with van der Waals surface area (Å²) in [7, 11) is 0. The molecule has 0 atom stereocenters. The van der Waals surface area contributed by atoms with E-state index in [2.05, 4.69) is 24.8 Å². The molecule has 3 rings (SSSR count). The number of hydrogen-bond acceptors (Lipinski definition) is 3. The van der Waals surface area contributed by atoms with Crippen molar-refractivity contribution in [2.24, 2.45) is 0 Å². The van der Waals surface area contributed by atoms with Gasteiger partial charge in [-0.15, -0.1) is 0 Å². The van der Waals surface area contributed by atoms with Gasteiger partial charge in [-0.3, -0.25) is 0 Å². The Bertz CT molecular complexity index is 644. The smallest absolute Gasteiger partial charge is 0.161 e. The van der Waals surface area contributed by atoms with Crippen molar-refractivity contribution in [3.8, 4) is 11.4 Å². The Morgan fingerprint density at radius 1 is 0.957 bits per heavy atom. The highest BCUT2D eigenvalue weighted by Gasteiger charge is 2.15. The van der Waals surface area contributed by atoms with E-state index in [0.29, 0.717) is 5.92 Å². The summed E-state index contributed by atoms with van der Waals surface area (Å²) >= 11 is 6.00. The van der Waals surface area contributed by atoms with Gasteiger partial charge in [0.05, 0.1) is 0 Å². The predicted octanol–water partition coefficient (Wildman–Crippen LogP) is 5.30. The Balaban J connectivity index is 2.00. The van der Waals surface area contributed by atoms with Crippen molar-refractivity contribution < 1.29 is 0 Å². The van der Waals surface area contributed by atoms with Crippen molar-refractivity contribution >= 4 is 17.4 Å². The summed E-state index contributed by atoms with van der Waals surface area (Å²) in [4.78, 5) is 12.0. The first-order valence-electron chi connectivity index (χ1n) is 8.53. The maximum atomic E-state index is 6.00. The molecule has 0 unspecified atom stereocenters. The van der Waals surface area contributed by atoms with E-state index in [1.807, 2.05) is 24.3 Å². The van der Waals surface area contributed by atoms with Crippen LogP contribution in [0.2, 0.25) is 5.02 Å². The fraction of sp³-hybridized carbons (Fsp3) is 0.474. The number of halogens is 1. The second-order valence-corrected chi connectivity index (χ2v) is 6.97.